The summed E-state index contributed by atoms with van der Waals surface area (Å²) < 4.78 is 5.71. The summed E-state index contributed by atoms with van der Waals surface area (Å²) in [7, 11) is 1.73. The average Bonchev–Trinajstić information content (AvgIpc) is 2.53. The molecule has 0 fully saturated rings. The molecule has 0 heterocycles. The van der Waals surface area contributed by atoms with Crippen molar-refractivity contribution < 1.29 is 4.74 Å². The van der Waals surface area contributed by atoms with Gasteiger partial charge in [0.15, 0.2) is 0 Å². The molecule has 0 amide bonds. The summed E-state index contributed by atoms with van der Waals surface area (Å²) in [6, 6.07) is 15.5. The van der Waals surface area contributed by atoms with Crippen LogP contribution < -0.4 is 15.8 Å². The zero-order valence-electron chi connectivity index (χ0n) is 12.3. The molecular weight excluding hydrogens is 321 g/mol. The first-order valence-electron chi connectivity index (χ1n) is 6.50. The normalized spacial score (nSPS) is 9.18. The summed E-state index contributed by atoms with van der Waals surface area (Å²) >= 11 is 0. The highest BCUT2D eigenvalue weighted by Gasteiger charge is 2.00. The van der Waals surface area contributed by atoms with E-state index in [1.54, 1.807) is 7.05 Å². The second-order valence-corrected chi connectivity index (χ2v) is 4.46. The van der Waals surface area contributed by atoms with Crippen molar-refractivity contribution in [1.29, 1.82) is 5.41 Å². The van der Waals surface area contributed by atoms with Gasteiger partial charge in [0, 0.05) is 19.2 Å². The van der Waals surface area contributed by atoms with Crippen molar-refractivity contribution in [1.82, 2.24) is 5.32 Å². The van der Waals surface area contributed by atoms with Crippen LogP contribution in [0.4, 0.5) is 0 Å². The summed E-state index contributed by atoms with van der Waals surface area (Å²) in [5.74, 6) is 1.19. The van der Waals surface area contributed by atoms with Gasteiger partial charge in [0.2, 0.25) is 0 Å². The fraction of sp³-hybridized carbons (Fsp3) is 0.188. The lowest BCUT2D eigenvalue weighted by Gasteiger charge is -2.08. The van der Waals surface area contributed by atoms with Crippen LogP contribution in [0.2, 0.25) is 0 Å². The molecule has 4 N–H and O–H groups in total. The first-order chi connectivity index (χ1) is 9.72. The topological polar surface area (TPSA) is 71.1 Å². The van der Waals surface area contributed by atoms with Gasteiger partial charge in [-0.15, -0.1) is 24.8 Å². The Morgan fingerprint density at radius 3 is 2.05 bits per heavy atom. The van der Waals surface area contributed by atoms with E-state index in [-0.39, 0.29) is 24.8 Å². The Morgan fingerprint density at radius 1 is 1.00 bits per heavy atom. The molecule has 4 nitrogen and oxygen atoms in total. The minimum atomic E-state index is 0. The molecule has 0 aliphatic rings. The molecule has 0 aromatic heterocycles. The lowest BCUT2D eigenvalue weighted by Crippen LogP contribution is -2.17. The van der Waals surface area contributed by atoms with Crippen molar-refractivity contribution in [2.24, 2.45) is 5.73 Å². The number of ether oxygens (including phenoxy) is 1. The predicted octanol–water partition coefficient (Wildman–Crippen LogP) is 3.11. The average molecular weight is 342 g/mol. The maximum atomic E-state index is 7.66. The molecule has 0 saturated heterocycles. The minimum absolute atomic E-state index is 0. The molecule has 2 aromatic rings. The summed E-state index contributed by atoms with van der Waals surface area (Å²) in [6.45, 7) is 1.08. The Morgan fingerprint density at radius 2 is 1.55 bits per heavy atom. The fourth-order valence-corrected chi connectivity index (χ4v) is 1.80. The van der Waals surface area contributed by atoms with Gasteiger partial charge in [-0.2, -0.15) is 0 Å². The van der Waals surface area contributed by atoms with Gasteiger partial charge in [-0.3, -0.25) is 5.41 Å². The van der Waals surface area contributed by atoms with Crippen LogP contribution >= 0.6 is 24.8 Å². The summed E-state index contributed by atoms with van der Waals surface area (Å²) in [5.41, 5.74) is 8.62. The molecule has 0 saturated carbocycles. The summed E-state index contributed by atoms with van der Waals surface area (Å²) in [4.78, 5) is 0. The monoisotopic (exact) mass is 341 g/mol. The van der Waals surface area contributed by atoms with Gasteiger partial charge in [-0.05, 0) is 35.4 Å². The number of benzene rings is 2. The molecule has 0 radical (unpaired) electrons. The largest absolute Gasteiger partial charge is 0.489 e. The van der Waals surface area contributed by atoms with E-state index in [0.29, 0.717) is 19.0 Å². The van der Waals surface area contributed by atoms with Crippen LogP contribution in [0.3, 0.4) is 0 Å². The van der Waals surface area contributed by atoms with Crippen LogP contribution in [0.15, 0.2) is 48.5 Å². The van der Waals surface area contributed by atoms with Crippen LogP contribution in [0.5, 0.6) is 5.75 Å². The van der Waals surface area contributed by atoms with Crippen molar-refractivity contribution in [2.75, 3.05) is 7.05 Å². The van der Waals surface area contributed by atoms with Crippen LogP contribution in [0.25, 0.3) is 0 Å². The smallest absolute Gasteiger partial charge is 0.125 e. The van der Waals surface area contributed by atoms with Crippen molar-refractivity contribution in [3.63, 3.8) is 0 Å². The second kappa shape index (κ2) is 10.1. The molecule has 6 heteroatoms. The highest BCUT2D eigenvalue weighted by Crippen LogP contribution is 2.14. The SMILES string of the molecule is CNC(=N)c1ccc(OCc2ccc(CN)cc2)cc1.Cl.Cl. The number of rotatable bonds is 5. The van der Waals surface area contributed by atoms with Crippen LogP contribution in [0, 0.1) is 5.41 Å². The third-order valence-corrected chi connectivity index (χ3v) is 3.06. The lowest BCUT2D eigenvalue weighted by atomic mass is 10.1. The third kappa shape index (κ3) is 5.56. The molecule has 120 valence electrons. The molecule has 22 heavy (non-hydrogen) atoms. The Labute approximate surface area is 143 Å². The molecule has 2 rings (SSSR count). The Kier molecular flexibility index (Phi) is 9.26. The highest BCUT2D eigenvalue weighted by atomic mass is 35.5. The lowest BCUT2D eigenvalue weighted by molar-refractivity contribution is 0.306. The van der Waals surface area contributed by atoms with Crippen molar-refractivity contribution in [2.45, 2.75) is 13.2 Å². The van der Waals surface area contributed by atoms with E-state index >= 15 is 0 Å². The van der Waals surface area contributed by atoms with E-state index in [1.165, 1.54) is 0 Å². The van der Waals surface area contributed by atoms with Crippen LogP contribution in [0.1, 0.15) is 16.7 Å². The molecular formula is C16H21Cl2N3O. The number of hydrogen-bond acceptors (Lipinski definition) is 3. The first-order valence-corrected chi connectivity index (χ1v) is 6.50. The number of nitrogens with two attached hydrogens (primary N) is 1. The molecule has 0 aliphatic carbocycles. The summed E-state index contributed by atoms with van der Waals surface area (Å²) in [6.07, 6.45) is 0. The zero-order chi connectivity index (χ0) is 14.4. The second-order valence-electron chi connectivity index (χ2n) is 4.46. The van der Waals surface area contributed by atoms with Crippen LogP contribution in [-0.4, -0.2) is 12.9 Å². The minimum Gasteiger partial charge on any atom is -0.489 e. The third-order valence-electron chi connectivity index (χ3n) is 3.06. The van der Waals surface area contributed by atoms with Crippen molar-refractivity contribution >= 4 is 30.6 Å². The standard InChI is InChI=1S/C16H19N3O.2ClH/c1-19-16(18)14-6-8-15(9-7-14)20-11-13-4-2-12(10-17)3-5-13;;/h2-9H,10-11,17H2,1H3,(H2,18,19);2*1H. The number of amidine groups is 1. The van der Waals surface area contributed by atoms with E-state index in [1.807, 2.05) is 48.5 Å². The molecule has 0 spiro atoms. The van der Waals surface area contributed by atoms with E-state index in [0.717, 1.165) is 22.4 Å². The zero-order valence-corrected chi connectivity index (χ0v) is 14.0. The van der Waals surface area contributed by atoms with Gasteiger partial charge in [0.1, 0.15) is 18.2 Å². The first kappa shape index (κ1) is 20.2. The van der Waals surface area contributed by atoms with E-state index < -0.39 is 0 Å². The number of halogens is 2. The van der Waals surface area contributed by atoms with Crippen molar-refractivity contribution in [3.8, 4) is 5.75 Å². The van der Waals surface area contributed by atoms with Gasteiger partial charge < -0.3 is 15.8 Å². The van der Waals surface area contributed by atoms with Gasteiger partial charge >= 0.3 is 0 Å². The van der Waals surface area contributed by atoms with E-state index in [2.05, 4.69) is 5.32 Å². The summed E-state index contributed by atoms with van der Waals surface area (Å²) in [5, 5.41) is 10.5. The van der Waals surface area contributed by atoms with Gasteiger partial charge in [-0.25, -0.2) is 0 Å². The van der Waals surface area contributed by atoms with Gasteiger partial charge in [0.05, 0.1) is 0 Å². The molecule has 2 aromatic carbocycles. The Bertz CT molecular complexity index is 571. The molecule has 0 atom stereocenters. The van der Waals surface area contributed by atoms with Gasteiger partial charge in [0.25, 0.3) is 0 Å². The van der Waals surface area contributed by atoms with E-state index in [9.17, 15) is 0 Å². The molecule has 0 bridgehead atoms. The van der Waals surface area contributed by atoms with Gasteiger partial charge in [-0.1, -0.05) is 24.3 Å². The fourth-order valence-electron chi connectivity index (χ4n) is 1.80. The van der Waals surface area contributed by atoms with E-state index in [4.69, 9.17) is 15.9 Å². The highest BCUT2D eigenvalue weighted by molar-refractivity contribution is 5.96. The molecule has 0 aliphatic heterocycles. The molecule has 0 unspecified atom stereocenters. The Hall–Kier alpha value is -1.75. The predicted molar refractivity (Wildman–Crippen MR) is 95.5 cm³/mol. The Balaban J connectivity index is 0.00000220. The maximum absolute atomic E-state index is 7.66. The maximum Gasteiger partial charge on any atom is 0.125 e. The number of nitrogens with one attached hydrogen (secondary N) is 2. The van der Waals surface area contributed by atoms with Crippen molar-refractivity contribution in [3.05, 3.63) is 65.2 Å². The number of hydrogen-bond donors (Lipinski definition) is 3. The van der Waals surface area contributed by atoms with Crippen LogP contribution in [-0.2, 0) is 13.2 Å². The quantitative estimate of drug-likeness (QED) is 0.578.